The summed E-state index contributed by atoms with van der Waals surface area (Å²) in [4.78, 5) is 27.4. The van der Waals surface area contributed by atoms with E-state index in [2.05, 4.69) is 15.6 Å². The van der Waals surface area contributed by atoms with Crippen molar-refractivity contribution in [1.29, 1.82) is 0 Å². The third-order valence-corrected chi connectivity index (χ3v) is 5.99. The molecule has 1 N–H and O–H groups in total. The van der Waals surface area contributed by atoms with E-state index < -0.39 is 0 Å². The van der Waals surface area contributed by atoms with Crippen molar-refractivity contribution in [3.8, 4) is 11.3 Å². The van der Waals surface area contributed by atoms with E-state index in [1.807, 2.05) is 73.8 Å². The van der Waals surface area contributed by atoms with E-state index in [-0.39, 0.29) is 11.8 Å². The number of amides is 2. The molecule has 0 unspecified atom stereocenters. The summed E-state index contributed by atoms with van der Waals surface area (Å²) in [7, 11) is 0. The Kier molecular flexibility index (Phi) is 5.60. The van der Waals surface area contributed by atoms with Crippen LogP contribution in [-0.4, -0.2) is 44.8 Å². The van der Waals surface area contributed by atoms with Crippen LogP contribution in [0.25, 0.3) is 22.0 Å². The summed E-state index contributed by atoms with van der Waals surface area (Å²) in [6.45, 7) is 3.76. The Morgan fingerprint density at radius 3 is 2.45 bits per heavy atom. The van der Waals surface area contributed by atoms with Gasteiger partial charge in [0, 0.05) is 46.2 Å². The first-order valence-corrected chi connectivity index (χ1v) is 11.3. The van der Waals surface area contributed by atoms with Gasteiger partial charge in [0.1, 0.15) is 5.69 Å². The normalized spacial score (nSPS) is 13.1. The zero-order chi connectivity index (χ0) is 22.8. The molecule has 3 aromatic carbocycles. The van der Waals surface area contributed by atoms with E-state index in [4.69, 9.17) is 0 Å². The molecular weight excluding hydrogens is 414 g/mol. The summed E-state index contributed by atoms with van der Waals surface area (Å²) in [6.07, 6.45) is 3.66. The summed E-state index contributed by atoms with van der Waals surface area (Å²) in [5.74, 6) is -0.417. The zero-order valence-corrected chi connectivity index (χ0v) is 18.5. The second-order valence-corrected chi connectivity index (χ2v) is 8.16. The number of benzene rings is 3. The first-order chi connectivity index (χ1) is 16.2. The molecule has 7 heteroatoms. The van der Waals surface area contributed by atoms with Crippen LogP contribution in [-0.2, 0) is 6.54 Å². The number of nitrogens with one attached hydrogen (secondary N) is 1. The van der Waals surface area contributed by atoms with Crippen molar-refractivity contribution >= 4 is 28.3 Å². The van der Waals surface area contributed by atoms with Crippen LogP contribution < -0.4 is 5.32 Å². The molecule has 1 aromatic heterocycles. The van der Waals surface area contributed by atoms with Gasteiger partial charge in [0.05, 0.1) is 12.7 Å². The fourth-order valence-electron chi connectivity index (χ4n) is 4.27. The molecule has 0 spiro atoms. The summed E-state index contributed by atoms with van der Waals surface area (Å²) in [6, 6.07) is 19.3. The molecule has 2 amide bonds. The van der Waals surface area contributed by atoms with Crippen molar-refractivity contribution in [2.45, 2.75) is 26.3 Å². The van der Waals surface area contributed by atoms with Crippen molar-refractivity contribution in [3.63, 3.8) is 0 Å². The Labute approximate surface area is 192 Å². The molecule has 0 aliphatic carbocycles. The summed E-state index contributed by atoms with van der Waals surface area (Å²) in [5, 5.41) is 13.5. The first kappa shape index (κ1) is 20.9. The van der Waals surface area contributed by atoms with E-state index in [1.165, 1.54) is 4.90 Å². The zero-order valence-electron chi connectivity index (χ0n) is 18.5. The summed E-state index contributed by atoms with van der Waals surface area (Å²) < 4.78 is 1.80. The lowest BCUT2D eigenvalue weighted by Crippen LogP contribution is -2.40. The maximum Gasteiger partial charge on any atom is 0.261 e. The van der Waals surface area contributed by atoms with Gasteiger partial charge >= 0.3 is 0 Å². The highest BCUT2D eigenvalue weighted by Crippen LogP contribution is 2.34. The number of carbonyl (C=O) groups excluding carboxylic acids is 2. The first-order valence-electron chi connectivity index (χ1n) is 11.3. The molecular formula is C26H25N5O2. The van der Waals surface area contributed by atoms with E-state index in [9.17, 15) is 9.59 Å². The average molecular weight is 440 g/mol. The van der Waals surface area contributed by atoms with Gasteiger partial charge in [0.2, 0.25) is 0 Å². The fourth-order valence-corrected chi connectivity index (χ4v) is 4.27. The van der Waals surface area contributed by atoms with E-state index in [0.717, 1.165) is 40.6 Å². The lowest BCUT2D eigenvalue weighted by Gasteiger charge is -2.27. The largest absolute Gasteiger partial charge is 0.383 e. The Balaban J connectivity index is 1.35. The van der Waals surface area contributed by atoms with Crippen LogP contribution in [0.4, 0.5) is 5.69 Å². The molecule has 2 heterocycles. The fraction of sp³-hybridized carbons (Fsp3) is 0.231. The van der Waals surface area contributed by atoms with E-state index in [0.29, 0.717) is 30.8 Å². The minimum atomic E-state index is -0.209. The van der Waals surface area contributed by atoms with Gasteiger partial charge < -0.3 is 5.32 Å². The van der Waals surface area contributed by atoms with Crippen molar-refractivity contribution in [2.24, 2.45) is 0 Å². The van der Waals surface area contributed by atoms with Gasteiger partial charge in [0.15, 0.2) is 0 Å². The van der Waals surface area contributed by atoms with E-state index in [1.54, 1.807) is 4.68 Å². The van der Waals surface area contributed by atoms with Gasteiger partial charge in [-0.2, -0.15) is 0 Å². The molecule has 33 heavy (non-hydrogen) atoms. The molecule has 4 aromatic rings. The molecule has 7 nitrogen and oxygen atoms in total. The third-order valence-electron chi connectivity index (χ3n) is 5.99. The number of hydrogen-bond donors (Lipinski definition) is 1. The average Bonchev–Trinajstić information content (AvgIpc) is 3.32. The Hall–Kier alpha value is -4.00. The van der Waals surface area contributed by atoms with Gasteiger partial charge in [-0.3, -0.25) is 19.2 Å². The topological polar surface area (TPSA) is 80.1 Å². The van der Waals surface area contributed by atoms with Gasteiger partial charge in [-0.05, 0) is 24.6 Å². The van der Waals surface area contributed by atoms with Gasteiger partial charge in [-0.15, -0.1) is 5.10 Å². The molecule has 5 rings (SSSR count). The summed E-state index contributed by atoms with van der Waals surface area (Å²) >= 11 is 0. The standard InChI is InChI=1S/C26H25N5O2/c1-2-3-15-31-25(32)20-11-7-10-19-22(13-12-21(24(19)20)26(31)33)27-14-16-30-17-23(28-29-30)18-8-5-4-6-9-18/h4-13,17,27H,2-3,14-16H2,1H3. The predicted molar refractivity (Wildman–Crippen MR) is 128 cm³/mol. The number of anilines is 1. The molecule has 0 saturated heterocycles. The lowest BCUT2D eigenvalue weighted by molar-refractivity contribution is 0.0608. The van der Waals surface area contributed by atoms with Crippen LogP contribution in [0.15, 0.2) is 66.9 Å². The molecule has 166 valence electrons. The molecule has 1 aliphatic heterocycles. The van der Waals surface area contributed by atoms with Crippen molar-refractivity contribution in [2.75, 3.05) is 18.4 Å². The number of imide groups is 1. The number of rotatable bonds is 8. The maximum atomic E-state index is 13.0. The van der Waals surface area contributed by atoms with Gasteiger partial charge in [0.25, 0.3) is 11.8 Å². The van der Waals surface area contributed by atoms with Crippen molar-refractivity contribution in [1.82, 2.24) is 19.9 Å². The van der Waals surface area contributed by atoms with Crippen LogP contribution in [0.2, 0.25) is 0 Å². The quantitative estimate of drug-likeness (QED) is 0.406. The van der Waals surface area contributed by atoms with Crippen LogP contribution in [0.3, 0.4) is 0 Å². The van der Waals surface area contributed by atoms with Gasteiger partial charge in [-0.25, -0.2) is 0 Å². The third kappa shape index (κ3) is 3.86. The maximum absolute atomic E-state index is 13.0. The Morgan fingerprint density at radius 2 is 1.67 bits per heavy atom. The van der Waals surface area contributed by atoms with Gasteiger partial charge in [-0.1, -0.05) is 61.0 Å². The van der Waals surface area contributed by atoms with Crippen molar-refractivity contribution < 1.29 is 9.59 Å². The van der Waals surface area contributed by atoms with Crippen molar-refractivity contribution in [3.05, 3.63) is 78.0 Å². The lowest BCUT2D eigenvalue weighted by atomic mass is 9.93. The number of aromatic nitrogens is 3. The summed E-state index contributed by atoms with van der Waals surface area (Å²) in [5.41, 5.74) is 3.93. The molecule has 1 aliphatic rings. The second kappa shape index (κ2) is 8.86. The highest BCUT2D eigenvalue weighted by atomic mass is 16.2. The predicted octanol–water partition coefficient (Wildman–Crippen LogP) is 4.61. The van der Waals surface area contributed by atoms with Crippen LogP contribution in [0.5, 0.6) is 0 Å². The molecule has 0 saturated carbocycles. The Bertz CT molecular complexity index is 1310. The van der Waals surface area contributed by atoms with Crippen LogP contribution in [0.1, 0.15) is 40.5 Å². The monoisotopic (exact) mass is 439 g/mol. The number of carbonyl (C=O) groups is 2. The molecule has 0 atom stereocenters. The molecule has 0 radical (unpaired) electrons. The number of hydrogen-bond acceptors (Lipinski definition) is 5. The minimum absolute atomic E-state index is 0.209. The second-order valence-electron chi connectivity index (χ2n) is 8.16. The van der Waals surface area contributed by atoms with E-state index >= 15 is 0 Å². The number of unbranched alkanes of at least 4 members (excludes halogenated alkanes) is 1. The highest BCUT2D eigenvalue weighted by molar-refractivity contribution is 6.26. The minimum Gasteiger partial charge on any atom is -0.383 e. The number of nitrogens with zero attached hydrogens (tertiary/aromatic N) is 4. The molecule has 0 bridgehead atoms. The molecule has 0 fully saturated rings. The Morgan fingerprint density at radius 1 is 0.879 bits per heavy atom. The van der Waals surface area contributed by atoms with Crippen LogP contribution in [0, 0.1) is 0 Å². The SMILES string of the molecule is CCCCN1C(=O)c2cccc3c(NCCn4cc(-c5ccccc5)nn4)ccc(c23)C1=O. The van der Waals surface area contributed by atoms with Crippen LogP contribution >= 0.6 is 0 Å². The smallest absolute Gasteiger partial charge is 0.261 e. The highest BCUT2D eigenvalue weighted by Gasteiger charge is 2.32.